The number of ether oxygens (including phenoxy) is 4. The van der Waals surface area contributed by atoms with Gasteiger partial charge in [-0.1, -0.05) is 45.9 Å². The van der Waals surface area contributed by atoms with Crippen molar-refractivity contribution in [3.05, 3.63) is 42.5 Å². The molecule has 0 aliphatic heterocycles. The predicted octanol–water partition coefficient (Wildman–Crippen LogP) is 6.58. The van der Waals surface area contributed by atoms with Gasteiger partial charge in [0.15, 0.2) is 8.32 Å². The molecule has 1 aromatic carbocycles. The van der Waals surface area contributed by atoms with Crippen LogP contribution in [0, 0.1) is 5.92 Å². The van der Waals surface area contributed by atoms with Gasteiger partial charge in [-0.3, -0.25) is 0 Å². The highest BCUT2D eigenvalue weighted by Crippen LogP contribution is 2.38. The first-order valence-corrected chi connectivity index (χ1v) is 14.5. The van der Waals surface area contributed by atoms with Crippen molar-refractivity contribution in [3.8, 4) is 5.75 Å². The lowest BCUT2D eigenvalue weighted by Gasteiger charge is -2.40. The Hall–Kier alpha value is -1.18. The Balaban J connectivity index is 2.79. The summed E-state index contributed by atoms with van der Waals surface area (Å²) in [6.45, 7) is 19.0. The minimum atomic E-state index is -1.93. The minimum Gasteiger partial charge on any atom is -0.497 e. The monoisotopic (exact) mass is 466 g/mol. The van der Waals surface area contributed by atoms with Gasteiger partial charge in [0.2, 0.25) is 0 Å². The van der Waals surface area contributed by atoms with Crippen LogP contribution < -0.4 is 4.74 Å². The van der Waals surface area contributed by atoms with E-state index in [1.165, 1.54) is 0 Å². The molecule has 0 aliphatic rings. The molecule has 32 heavy (non-hydrogen) atoms. The van der Waals surface area contributed by atoms with Crippen LogP contribution in [0.1, 0.15) is 52.5 Å². The van der Waals surface area contributed by atoms with E-state index in [9.17, 15) is 0 Å². The molecule has 0 aliphatic carbocycles. The number of benzene rings is 1. The quantitative estimate of drug-likeness (QED) is 0.119. The second-order valence-corrected chi connectivity index (χ2v) is 14.8. The fraction of sp³-hybridized carbons (Fsp3) is 0.692. The van der Waals surface area contributed by atoms with Crippen molar-refractivity contribution in [3.63, 3.8) is 0 Å². The maximum atomic E-state index is 6.82. The molecule has 0 radical (unpaired) electrons. The highest BCUT2D eigenvalue weighted by molar-refractivity contribution is 6.74. The molecule has 0 fully saturated rings. The summed E-state index contributed by atoms with van der Waals surface area (Å²) in [5.74, 6) is 1.20. The zero-order valence-corrected chi connectivity index (χ0v) is 22.6. The minimum absolute atomic E-state index is 0.0457. The van der Waals surface area contributed by atoms with Crippen molar-refractivity contribution in [2.24, 2.45) is 5.92 Å². The van der Waals surface area contributed by atoms with Gasteiger partial charge in [0.25, 0.3) is 0 Å². The first-order valence-electron chi connectivity index (χ1n) is 11.6. The summed E-state index contributed by atoms with van der Waals surface area (Å²) >= 11 is 0. The lowest BCUT2D eigenvalue weighted by atomic mass is 9.95. The van der Waals surface area contributed by atoms with Gasteiger partial charge < -0.3 is 23.4 Å². The van der Waals surface area contributed by atoms with E-state index >= 15 is 0 Å². The maximum Gasteiger partial charge on any atom is 0.192 e. The van der Waals surface area contributed by atoms with Crippen LogP contribution in [-0.2, 0) is 25.2 Å². The normalized spacial score (nSPS) is 15.2. The molecule has 3 atom stereocenters. The molecular formula is C26H46O5Si. The molecule has 184 valence electrons. The number of hydrogen-bond donors (Lipinski definition) is 0. The highest BCUT2D eigenvalue weighted by Gasteiger charge is 2.39. The van der Waals surface area contributed by atoms with E-state index < -0.39 is 8.32 Å². The summed E-state index contributed by atoms with van der Waals surface area (Å²) in [4.78, 5) is 0. The van der Waals surface area contributed by atoms with E-state index in [4.69, 9.17) is 23.4 Å². The third-order valence-electron chi connectivity index (χ3n) is 6.35. The van der Waals surface area contributed by atoms with Crippen LogP contribution in [0.15, 0.2) is 36.9 Å². The van der Waals surface area contributed by atoms with Gasteiger partial charge in [0.1, 0.15) is 12.5 Å². The van der Waals surface area contributed by atoms with Crippen LogP contribution in [-0.4, -0.2) is 48.1 Å². The summed E-state index contributed by atoms with van der Waals surface area (Å²) in [6.07, 6.45) is 4.61. The Labute approximate surface area is 197 Å². The lowest BCUT2D eigenvalue weighted by molar-refractivity contribution is -0.102. The van der Waals surface area contributed by atoms with E-state index in [-0.39, 0.29) is 24.0 Å². The zero-order valence-electron chi connectivity index (χ0n) is 21.6. The molecule has 0 N–H and O–H groups in total. The molecule has 0 amide bonds. The number of allylic oxidation sites excluding steroid dienone is 1. The molecule has 0 aromatic heterocycles. The Morgan fingerprint density at radius 2 is 1.75 bits per heavy atom. The van der Waals surface area contributed by atoms with Crippen LogP contribution in [0.5, 0.6) is 5.75 Å². The molecule has 0 bridgehead atoms. The average molecular weight is 467 g/mol. The van der Waals surface area contributed by atoms with Crippen LogP contribution in [0.4, 0.5) is 0 Å². The summed E-state index contributed by atoms with van der Waals surface area (Å²) < 4.78 is 29.3. The van der Waals surface area contributed by atoms with Gasteiger partial charge in [-0.25, -0.2) is 0 Å². The number of rotatable bonds is 16. The van der Waals surface area contributed by atoms with Gasteiger partial charge >= 0.3 is 0 Å². The first kappa shape index (κ1) is 28.8. The smallest absolute Gasteiger partial charge is 0.192 e. The average Bonchev–Trinajstić information content (AvgIpc) is 2.73. The van der Waals surface area contributed by atoms with E-state index in [2.05, 4.69) is 47.4 Å². The van der Waals surface area contributed by atoms with Crippen LogP contribution >= 0.6 is 0 Å². The number of hydrogen-bond acceptors (Lipinski definition) is 5. The largest absolute Gasteiger partial charge is 0.497 e. The van der Waals surface area contributed by atoms with Gasteiger partial charge in [-0.15, -0.1) is 6.58 Å². The van der Waals surface area contributed by atoms with Crippen molar-refractivity contribution in [1.82, 2.24) is 0 Å². The second-order valence-electron chi connectivity index (χ2n) is 10.0. The summed E-state index contributed by atoms with van der Waals surface area (Å²) in [5.41, 5.74) is 1.13. The van der Waals surface area contributed by atoms with Gasteiger partial charge in [0, 0.05) is 19.8 Å². The Morgan fingerprint density at radius 3 is 2.28 bits per heavy atom. The third-order valence-corrected chi connectivity index (χ3v) is 10.9. The molecule has 0 unspecified atom stereocenters. The van der Waals surface area contributed by atoms with Gasteiger partial charge in [-0.05, 0) is 61.0 Å². The summed E-state index contributed by atoms with van der Waals surface area (Å²) in [6, 6.07) is 7.99. The van der Waals surface area contributed by atoms with Gasteiger partial charge in [0.05, 0.1) is 19.8 Å². The third kappa shape index (κ3) is 10.2. The molecule has 0 heterocycles. The maximum absolute atomic E-state index is 6.82. The standard InChI is InChI=1S/C26H46O5Si/c1-10-11-21(2)25(30-20-27-6)18-24(31-32(8,9)26(3,4)5)16-17-29-19-22-12-14-23(28-7)15-13-22/h10,12-15,21,24-25H,1,11,16-20H2,2-9H3/t21-,24+,25+/m0/s1. The van der Waals surface area contributed by atoms with Gasteiger partial charge in [-0.2, -0.15) is 0 Å². The van der Waals surface area contributed by atoms with E-state index in [0.717, 1.165) is 30.6 Å². The van der Waals surface area contributed by atoms with Crippen LogP contribution in [0.3, 0.4) is 0 Å². The molecule has 0 spiro atoms. The van der Waals surface area contributed by atoms with Crippen LogP contribution in [0.25, 0.3) is 0 Å². The zero-order chi connectivity index (χ0) is 24.2. The topological polar surface area (TPSA) is 46.2 Å². The fourth-order valence-electron chi connectivity index (χ4n) is 3.24. The van der Waals surface area contributed by atoms with E-state index in [0.29, 0.717) is 19.1 Å². The van der Waals surface area contributed by atoms with Crippen molar-refractivity contribution < 1.29 is 23.4 Å². The Bertz CT molecular complexity index is 639. The molecule has 5 nitrogen and oxygen atoms in total. The van der Waals surface area contributed by atoms with Crippen molar-refractivity contribution >= 4 is 8.32 Å². The van der Waals surface area contributed by atoms with Crippen molar-refractivity contribution in [2.45, 2.75) is 83.9 Å². The van der Waals surface area contributed by atoms with Crippen molar-refractivity contribution in [2.75, 3.05) is 27.6 Å². The van der Waals surface area contributed by atoms with Crippen LogP contribution in [0.2, 0.25) is 18.1 Å². The molecular weight excluding hydrogens is 420 g/mol. The van der Waals surface area contributed by atoms with E-state index in [1.54, 1.807) is 14.2 Å². The Kier molecular flexibility index (Phi) is 12.8. The summed E-state index contributed by atoms with van der Waals surface area (Å²) in [5, 5.41) is 0.144. The highest BCUT2D eigenvalue weighted by atomic mass is 28.4. The molecule has 0 saturated heterocycles. The molecule has 1 aromatic rings. The Morgan fingerprint density at radius 1 is 1.09 bits per heavy atom. The van der Waals surface area contributed by atoms with E-state index in [1.807, 2.05) is 30.3 Å². The molecule has 0 saturated carbocycles. The molecule has 1 rings (SSSR count). The molecule has 6 heteroatoms. The first-order chi connectivity index (χ1) is 15.0. The van der Waals surface area contributed by atoms with Crippen molar-refractivity contribution in [1.29, 1.82) is 0 Å². The predicted molar refractivity (Wildman–Crippen MR) is 135 cm³/mol. The summed E-state index contributed by atoms with van der Waals surface area (Å²) in [7, 11) is 1.40. The number of methoxy groups -OCH3 is 2. The fourth-order valence-corrected chi connectivity index (χ4v) is 4.64. The second kappa shape index (κ2) is 14.2. The lowest BCUT2D eigenvalue weighted by Crippen LogP contribution is -2.45. The SMILES string of the molecule is C=CC[C@H](C)[C@@H](C[C@@H](CCOCc1ccc(OC)cc1)O[Si](C)(C)C(C)(C)C)OCOC.